The molecule has 0 radical (unpaired) electrons. The molecule has 0 aromatic carbocycles. The molecule has 0 N–H and O–H groups in total. The molecule has 0 unspecified atom stereocenters. The summed E-state index contributed by atoms with van der Waals surface area (Å²) in [4.78, 5) is 10.7. The lowest BCUT2D eigenvalue weighted by atomic mass is 10.3. The molecule has 1 aromatic rings. The number of aryl methyl sites for hydroxylation is 1. The predicted molar refractivity (Wildman–Crippen MR) is 75.4 cm³/mol. The van der Waals surface area contributed by atoms with Gasteiger partial charge >= 0.3 is 0 Å². The number of hydrogen-bond acceptors (Lipinski definition) is 4. The quantitative estimate of drug-likeness (QED) is 0.715. The van der Waals surface area contributed by atoms with Crippen molar-refractivity contribution in [3.8, 4) is 0 Å². The number of nitrogens with zero attached hydrogens (tertiary/aromatic N) is 3. The number of ether oxygens (including phenoxy) is 1. The Hall–Kier alpha value is -0.870. The lowest BCUT2D eigenvalue weighted by Crippen LogP contribution is -2.25. The van der Waals surface area contributed by atoms with Crippen molar-refractivity contribution in [1.29, 1.82) is 0 Å². The SMILES string of the molecule is CCCc1nc(Cl)cc(N(C)CCOC(C)C)n1. The van der Waals surface area contributed by atoms with Gasteiger partial charge < -0.3 is 9.64 Å². The van der Waals surface area contributed by atoms with E-state index >= 15 is 0 Å². The molecule has 4 nitrogen and oxygen atoms in total. The summed E-state index contributed by atoms with van der Waals surface area (Å²) >= 11 is 6.01. The molecule has 0 saturated heterocycles. The molecule has 0 spiro atoms. The number of aromatic nitrogens is 2. The van der Waals surface area contributed by atoms with E-state index in [9.17, 15) is 0 Å². The van der Waals surface area contributed by atoms with Crippen molar-refractivity contribution in [2.75, 3.05) is 25.1 Å². The molecule has 0 amide bonds. The maximum Gasteiger partial charge on any atom is 0.134 e. The summed E-state index contributed by atoms with van der Waals surface area (Å²) in [6, 6.07) is 1.79. The van der Waals surface area contributed by atoms with Gasteiger partial charge in [-0.3, -0.25) is 0 Å². The van der Waals surface area contributed by atoms with Crippen molar-refractivity contribution in [2.45, 2.75) is 39.7 Å². The van der Waals surface area contributed by atoms with E-state index in [2.05, 4.69) is 16.9 Å². The van der Waals surface area contributed by atoms with E-state index in [0.29, 0.717) is 11.8 Å². The van der Waals surface area contributed by atoms with Crippen LogP contribution in [0.1, 0.15) is 33.0 Å². The van der Waals surface area contributed by atoms with Gasteiger partial charge in [0.05, 0.1) is 12.7 Å². The number of hydrogen-bond donors (Lipinski definition) is 0. The smallest absolute Gasteiger partial charge is 0.134 e. The fourth-order valence-corrected chi connectivity index (χ4v) is 1.72. The van der Waals surface area contributed by atoms with Crippen molar-refractivity contribution in [1.82, 2.24) is 9.97 Å². The van der Waals surface area contributed by atoms with Gasteiger partial charge in [0.2, 0.25) is 0 Å². The van der Waals surface area contributed by atoms with Crippen LogP contribution in [0.4, 0.5) is 5.82 Å². The van der Waals surface area contributed by atoms with Gasteiger partial charge in [0.15, 0.2) is 0 Å². The van der Waals surface area contributed by atoms with Crippen molar-refractivity contribution < 1.29 is 4.74 Å². The Morgan fingerprint density at radius 2 is 2.11 bits per heavy atom. The van der Waals surface area contributed by atoms with Crippen molar-refractivity contribution in [3.63, 3.8) is 0 Å². The van der Waals surface area contributed by atoms with Crippen LogP contribution in [0.25, 0.3) is 0 Å². The standard InChI is InChI=1S/C13H22ClN3O/c1-5-6-12-15-11(14)9-13(16-12)17(4)7-8-18-10(2)3/h9-10H,5-8H2,1-4H3. The molecular formula is C13H22ClN3O. The van der Waals surface area contributed by atoms with Gasteiger partial charge in [0, 0.05) is 26.1 Å². The molecule has 1 aromatic heterocycles. The van der Waals surface area contributed by atoms with Crippen LogP contribution in [0.5, 0.6) is 0 Å². The first-order valence-electron chi connectivity index (χ1n) is 6.39. The van der Waals surface area contributed by atoms with Gasteiger partial charge in [-0.15, -0.1) is 0 Å². The molecule has 0 aliphatic carbocycles. The molecule has 18 heavy (non-hydrogen) atoms. The average Bonchev–Trinajstić information content (AvgIpc) is 2.28. The Bertz CT molecular complexity index is 371. The van der Waals surface area contributed by atoms with Gasteiger partial charge in [-0.25, -0.2) is 9.97 Å². The summed E-state index contributed by atoms with van der Waals surface area (Å²) < 4.78 is 5.52. The Kier molecular flexibility index (Phi) is 6.36. The van der Waals surface area contributed by atoms with Crippen molar-refractivity contribution >= 4 is 17.4 Å². The predicted octanol–water partition coefficient (Wildman–Crippen LogP) is 2.94. The molecule has 0 bridgehead atoms. The van der Waals surface area contributed by atoms with Crippen molar-refractivity contribution in [3.05, 3.63) is 17.0 Å². The third-order valence-corrected chi connectivity index (χ3v) is 2.66. The van der Waals surface area contributed by atoms with E-state index in [4.69, 9.17) is 16.3 Å². The molecule has 0 aliphatic rings. The van der Waals surface area contributed by atoms with E-state index < -0.39 is 0 Å². The van der Waals surface area contributed by atoms with Gasteiger partial charge in [-0.1, -0.05) is 18.5 Å². The minimum Gasteiger partial charge on any atom is -0.377 e. The van der Waals surface area contributed by atoms with E-state index in [0.717, 1.165) is 31.0 Å². The minimum absolute atomic E-state index is 0.253. The summed E-state index contributed by atoms with van der Waals surface area (Å²) in [5.74, 6) is 1.66. The third-order valence-electron chi connectivity index (χ3n) is 2.47. The maximum absolute atomic E-state index is 6.01. The first-order valence-corrected chi connectivity index (χ1v) is 6.77. The van der Waals surface area contributed by atoms with E-state index in [-0.39, 0.29) is 6.10 Å². The molecule has 102 valence electrons. The van der Waals surface area contributed by atoms with E-state index in [1.54, 1.807) is 6.07 Å². The Labute approximate surface area is 114 Å². The van der Waals surface area contributed by atoms with Gasteiger partial charge in [-0.2, -0.15) is 0 Å². The molecule has 0 aliphatic heterocycles. The van der Waals surface area contributed by atoms with Crippen LogP contribution in [0.15, 0.2) is 6.07 Å². The monoisotopic (exact) mass is 271 g/mol. The topological polar surface area (TPSA) is 38.2 Å². The molecule has 0 atom stereocenters. The highest BCUT2D eigenvalue weighted by atomic mass is 35.5. The normalized spacial score (nSPS) is 11.0. The second kappa shape index (κ2) is 7.54. The Balaban J connectivity index is 2.63. The summed E-state index contributed by atoms with van der Waals surface area (Å²) in [5, 5.41) is 0.500. The minimum atomic E-state index is 0.253. The van der Waals surface area contributed by atoms with Crippen LogP contribution < -0.4 is 4.90 Å². The molecule has 0 saturated carbocycles. The van der Waals surface area contributed by atoms with Crippen LogP contribution in [-0.4, -0.2) is 36.3 Å². The first kappa shape index (κ1) is 15.2. The Morgan fingerprint density at radius 1 is 1.39 bits per heavy atom. The first-order chi connectivity index (χ1) is 8.52. The van der Waals surface area contributed by atoms with Crippen LogP contribution in [0.2, 0.25) is 5.15 Å². The van der Waals surface area contributed by atoms with E-state index in [1.807, 2.05) is 25.8 Å². The number of halogens is 1. The zero-order valence-electron chi connectivity index (χ0n) is 11.6. The molecule has 0 fully saturated rings. The molecular weight excluding hydrogens is 250 g/mol. The second-order valence-electron chi connectivity index (χ2n) is 4.56. The van der Waals surface area contributed by atoms with Crippen LogP contribution in [0.3, 0.4) is 0 Å². The highest BCUT2D eigenvalue weighted by Crippen LogP contribution is 2.15. The Morgan fingerprint density at radius 3 is 2.72 bits per heavy atom. The second-order valence-corrected chi connectivity index (χ2v) is 4.94. The van der Waals surface area contributed by atoms with Crippen molar-refractivity contribution in [2.24, 2.45) is 0 Å². The highest BCUT2D eigenvalue weighted by Gasteiger charge is 2.07. The number of likely N-dealkylation sites (N-methyl/N-ethyl adjacent to an activating group) is 1. The number of rotatable bonds is 7. The molecule has 1 rings (SSSR count). The van der Waals surface area contributed by atoms with Crippen LogP contribution in [0, 0.1) is 0 Å². The van der Waals surface area contributed by atoms with Gasteiger partial charge in [0.25, 0.3) is 0 Å². The average molecular weight is 272 g/mol. The summed E-state index contributed by atoms with van der Waals surface area (Å²) in [5.41, 5.74) is 0. The fraction of sp³-hybridized carbons (Fsp3) is 0.692. The van der Waals surface area contributed by atoms with Gasteiger partial charge in [0.1, 0.15) is 16.8 Å². The largest absolute Gasteiger partial charge is 0.377 e. The van der Waals surface area contributed by atoms with Crippen LogP contribution >= 0.6 is 11.6 Å². The van der Waals surface area contributed by atoms with Crippen LogP contribution in [-0.2, 0) is 11.2 Å². The third kappa shape index (κ3) is 5.19. The summed E-state index contributed by atoms with van der Waals surface area (Å²) in [7, 11) is 1.98. The molecule has 1 heterocycles. The molecule has 5 heteroatoms. The lowest BCUT2D eigenvalue weighted by Gasteiger charge is -2.19. The highest BCUT2D eigenvalue weighted by molar-refractivity contribution is 6.29. The lowest BCUT2D eigenvalue weighted by molar-refractivity contribution is 0.0845. The fourth-order valence-electron chi connectivity index (χ4n) is 1.52. The van der Waals surface area contributed by atoms with E-state index in [1.165, 1.54) is 0 Å². The van der Waals surface area contributed by atoms with Gasteiger partial charge in [-0.05, 0) is 20.3 Å². The summed E-state index contributed by atoms with van der Waals surface area (Å²) in [6.45, 7) is 7.63. The number of anilines is 1. The summed E-state index contributed by atoms with van der Waals surface area (Å²) in [6.07, 6.45) is 2.12. The maximum atomic E-state index is 6.01. The zero-order chi connectivity index (χ0) is 13.5. The zero-order valence-corrected chi connectivity index (χ0v) is 12.4.